The number of carbonyl (C=O) groups excluding carboxylic acids is 3. The fourth-order valence-corrected chi connectivity index (χ4v) is 5.56. The van der Waals surface area contributed by atoms with Crippen LogP contribution in [0.5, 0.6) is 5.75 Å². The molecule has 3 rings (SSSR count). The topological polar surface area (TPSA) is 144 Å². The zero-order chi connectivity index (χ0) is 31.6. The van der Waals surface area contributed by atoms with Crippen molar-refractivity contribution in [2.45, 2.75) is 57.3 Å². The van der Waals surface area contributed by atoms with Crippen molar-refractivity contribution in [1.82, 2.24) is 0 Å². The summed E-state index contributed by atoms with van der Waals surface area (Å²) in [5, 5.41) is 12.3. The number of carbonyl (C=O) groups is 3. The summed E-state index contributed by atoms with van der Waals surface area (Å²) < 4.78 is 34.3. The molecular weight excluding hydrogens is 636 g/mol. The molecule has 0 aliphatic carbocycles. The van der Waals surface area contributed by atoms with E-state index < -0.39 is 34.2 Å². The molecule has 0 heterocycles. The first kappa shape index (κ1) is 37.3. The van der Waals surface area contributed by atoms with Crippen molar-refractivity contribution in [3.8, 4) is 11.8 Å². The molecule has 0 bridgehead atoms. The number of halogens is 2. The Morgan fingerprint density at radius 2 is 1.68 bits per heavy atom. The molecule has 2 amide bonds. The summed E-state index contributed by atoms with van der Waals surface area (Å²) in [6.07, 6.45) is 4.60. The van der Waals surface area contributed by atoms with Gasteiger partial charge in [0.05, 0.1) is 28.0 Å². The molecule has 3 aromatic rings. The normalized spacial score (nSPS) is 10.7. The molecule has 0 unspecified atom stereocenters. The minimum atomic E-state index is -4.20. The van der Waals surface area contributed by atoms with E-state index in [0.717, 1.165) is 25.7 Å². The van der Waals surface area contributed by atoms with Crippen LogP contribution in [-0.4, -0.2) is 32.6 Å². The van der Waals surface area contributed by atoms with Gasteiger partial charge in [0, 0.05) is 21.3 Å². The number of nitriles is 1. The number of anilines is 1. The average Bonchev–Trinajstić information content (AvgIpc) is 2.96. The molecule has 0 atom stereocenters. The summed E-state index contributed by atoms with van der Waals surface area (Å²) in [4.78, 5) is 37.8. The zero-order valence-electron chi connectivity index (χ0n) is 24.7. The van der Waals surface area contributed by atoms with Crippen molar-refractivity contribution in [2.24, 2.45) is 0 Å². The molecule has 0 aliphatic heterocycles. The van der Waals surface area contributed by atoms with Crippen molar-refractivity contribution in [3.63, 3.8) is 0 Å². The Labute approximate surface area is 289 Å². The monoisotopic (exact) mass is 665 g/mol. The van der Waals surface area contributed by atoms with Gasteiger partial charge in [-0.05, 0) is 79.9 Å². The Morgan fingerprint density at radius 1 is 0.955 bits per heavy atom. The van der Waals surface area contributed by atoms with Crippen LogP contribution in [0.15, 0.2) is 59.5 Å². The summed E-state index contributed by atoms with van der Waals surface area (Å²) in [7, 11) is -4.20. The van der Waals surface area contributed by atoms with E-state index in [1.165, 1.54) is 54.6 Å². The number of sulfonamides is 1. The van der Waals surface area contributed by atoms with E-state index in [1.54, 1.807) is 6.92 Å². The van der Waals surface area contributed by atoms with E-state index in [4.69, 9.17) is 27.9 Å². The van der Waals surface area contributed by atoms with Gasteiger partial charge in [0.15, 0.2) is 12.4 Å². The van der Waals surface area contributed by atoms with Crippen molar-refractivity contribution >= 4 is 56.5 Å². The van der Waals surface area contributed by atoms with Crippen molar-refractivity contribution in [2.75, 3.05) is 11.9 Å². The van der Waals surface area contributed by atoms with Gasteiger partial charge in [0.25, 0.3) is 5.91 Å². The van der Waals surface area contributed by atoms with Crippen LogP contribution < -0.4 is 39.6 Å². The Morgan fingerprint density at radius 3 is 2.36 bits per heavy atom. The van der Waals surface area contributed by atoms with Gasteiger partial charge in [0.1, 0.15) is 15.8 Å². The number of ether oxygens (including phenoxy) is 1. The van der Waals surface area contributed by atoms with Gasteiger partial charge in [-0.1, -0.05) is 55.8 Å². The van der Waals surface area contributed by atoms with Crippen molar-refractivity contribution < 1.29 is 57.1 Å². The van der Waals surface area contributed by atoms with E-state index in [0.29, 0.717) is 17.7 Å². The fraction of sp³-hybridized carbons (Fsp3) is 0.290. The third-order valence-corrected chi connectivity index (χ3v) is 8.07. The maximum atomic E-state index is 13.2. The van der Waals surface area contributed by atoms with Gasteiger partial charge in [-0.2, -0.15) is 5.26 Å². The van der Waals surface area contributed by atoms with E-state index >= 15 is 0 Å². The molecule has 226 valence electrons. The van der Waals surface area contributed by atoms with Gasteiger partial charge in [0.2, 0.25) is 0 Å². The molecule has 3 aromatic carbocycles. The third kappa shape index (κ3) is 10.9. The standard InChI is InChI=1S/C31H31Cl2N3O6S.Na/c1-3-4-5-6-7-8-29(37)36-43(40,41)25-10-11-27(20(2)13-25)35-30(38)19-42-28-12-9-23(32)17-26(28)31(39)22-14-21(18-34)15-24(33)16-22;/h9-17H,3-8,19H2,1-2H3,(H2,35,36,37,38);/q;+1/p-1. The molecule has 0 aromatic heterocycles. The minimum Gasteiger partial charge on any atom is -0.542 e. The predicted molar refractivity (Wildman–Crippen MR) is 165 cm³/mol. The first-order valence-electron chi connectivity index (χ1n) is 13.5. The molecule has 0 saturated heterocycles. The summed E-state index contributed by atoms with van der Waals surface area (Å²) in [5.41, 5.74) is 1.16. The summed E-state index contributed by atoms with van der Waals surface area (Å²) in [5.74, 6) is -1.70. The number of rotatable bonds is 14. The Balaban J connectivity index is 0.00000675. The van der Waals surface area contributed by atoms with Crippen LogP contribution in [0.2, 0.25) is 10.0 Å². The number of amides is 2. The van der Waals surface area contributed by atoms with Crippen molar-refractivity contribution in [1.29, 1.82) is 5.26 Å². The minimum absolute atomic E-state index is 0. The third-order valence-electron chi connectivity index (χ3n) is 6.32. The second kappa shape index (κ2) is 17.5. The summed E-state index contributed by atoms with van der Waals surface area (Å²) in [6.45, 7) is 3.20. The van der Waals surface area contributed by atoms with E-state index in [9.17, 15) is 28.1 Å². The van der Waals surface area contributed by atoms with Crippen LogP contribution in [0.1, 0.15) is 72.5 Å². The number of unbranched alkanes of at least 4 members (excludes halogenated alkanes) is 4. The number of benzene rings is 3. The van der Waals surface area contributed by atoms with Gasteiger partial charge in [-0.25, -0.2) is 8.42 Å². The second-order valence-corrected chi connectivity index (χ2v) is 12.2. The van der Waals surface area contributed by atoms with E-state index in [2.05, 4.69) is 17.0 Å². The second-order valence-electron chi connectivity index (χ2n) is 9.75. The molecule has 0 aliphatic rings. The Kier molecular flexibility index (Phi) is 14.9. The van der Waals surface area contributed by atoms with Crippen LogP contribution in [0.4, 0.5) is 5.69 Å². The molecule has 1 N–H and O–H groups in total. The van der Waals surface area contributed by atoms with Crippen LogP contribution in [0, 0.1) is 18.3 Å². The number of hydrogen-bond donors (Lipinski definition) is 1. The predicted octanol–water partition coefficient (Wildman–Crippen LogP) is 4.38. The van der Waals surface area contributed by atoms with Gasteiger partial charge in [-0.3, -0.25) is 9.59 Å². The van der Waals surface area contributed by atoms with Crippen molar-refractivity contribution in [3.05, 3.63) is 91.6 Å². The first-order chi connectivity index (χ1) is 20.4. The zero-order valence-corrected chi connectivity index (χ0v) is 29.0. The van der Waals surface area contributed by atoms with E-state index in [-0.39, 0.29) is 73.4 Å². The number of nitrogens with zero attached hydrogens (tertiary/aromatic N) is 2. The van der Waals surface area contributed by atoms with Gasteiger partial charge in [-0.15, -0.1) is 0 Å². The largest absolute Gasteiger partial charge is 1.00 e. The summed E-state index contributed by atoms with van der Waals surface area (Å²) >= 11 is 12.1. The molecule has 0 saturated carbocycles. The van der Waals surface area contributed by atoms with Crippen LogP contribution in [0.25, 0.3) is 4.72 Å². The SMILES string of the molecule is CCCCCCCC(=O)[N-]S(=O)(=O)c1ccc(NC(=O)COc2ccc(Cl)cc2C(=O)c2cc(Cl)cc(C#N)c2)c(C)c1.[Na+]. The molecule has 13 heteroatoms. The Hall–Kier alpha value is -2.91. The number of aryl methyl sites for hydroxylation is 1. The smallest absolute Gasteiger partial charge is 0.542 e. The maximum absolute atomic E-state index is 13.2. The molecule has 44 heavy (non-hydrogen) atoms. The first-order valence-corrected chi connectivity index (χ1v) is 15.7. The van der Waals surface area contributed by atoms with Gasteiger partial charge < -0.3 is 19.6 Å². The molecule has 0 fully saturated rings. The number of ketones is 1. The molecule has 0 radical (unpaired) electrons. The summed E-state index contributed by atoms with van der Waals surface area (Å²) in [6, 6.07) is 14.5. The average molecular weight is 667 g/mol. The van der Waals surface area contributed by atoms with Crippen LogP contribution >= 0.6 is 23.2 Å². The van der Waals surface area contributed by atoms with Crippen LogP contribution in [-0.2, 0) is 19.6 Å². The Bertz CT molecular complexity index is 1680. The fourth-order valence-electron chi connectivity index (χ4n) is 4.12. The van der Waals surface area contributed by atoms with E-state index in [1.807, 2.05) is 6.07 Å². The van der Waals surface area contributed by atoms with Crippen LogP contribution in [0.3, 0.4) is 0 Å². The molecule has 9 nitrogen and oxygen atoms in total. The molecular formula is C31H30Cl2N3NaO6S. The maximum Gasteiger partial charge on any atom is 1.00 e. The van der Waals surface area contributed by atoms with Gasteiger partial charge >= 0.3 is 29.6 Å². The molecule has 0 spiro atoms. The number of hydrogen-bond acceptors (Lipinski definition) is 7. The quantitative estimate of drug-likeness (QED) is 0.153. The number of nitrogens with one attached hydrogen (secondary N) is 1.